The Labute approximate surface area is 139 Å². The molecule has 0 aliphatic rings. The Bertz CT molecular complexity index is 620. The summed E-state index contributed by atoms with van der Waals surface area (Å²) in [5, 5.41) is 3.20. The molecule has 122 valence electrons. The minimum absolute atomic E-state index is 0.00994. The maximum Gasteiger partial charge on any atom is 0.227 e. The SMILES string of the molecule is Cc1ccc([C@H](CN(C)C)NC(=O)[C@@H](C)c2ccccc2)cc1. The second kappa shape index (κ2) is 7.93. The lowest BCUT2D eigenvalue weighted by atomic mass is 9.98. The summed E-state index contributed by atoms with van der Waals surface area (Å²) in [7, 11) is 4.04. The van der Waals surface area contributed by atoms with E-state index in [0.29, 0.717) is 0 Å². The number of nitrogens with one attached hydrogen (secondary N) is 1. The van der Waals surface area contributed by atoms with Crippen molar-refractivity contribution >= 4 is 5.91 Å². The molecule has 0 aliphatic carbocycles. The Hall–Kier alpha value is -2.13. The molecule has 3 nitrogen and oxygen atoms in total. The first-order valence-electron chi connectivity index (χ1n) is 8.04. The quantitative estimate of drug-likeness (QED) is 0.885. The van der Waals surface area contributed by atoms with Gasteiger partial charge in [0.05, 0.1) is 12.0 Å². The van der Waals surface area contributed by atoms with Gasteiger partial charge in [0.2, 0.25) is 5.91 Å². The topological polar surface area (TPSA) is 32.3 Å². The molecule has 1 N–H and O–H groups in total. The van der Waals surface area contributed by atoms with Crippen LogP contribution in [0.15, 0.2) is 54.6 Å². The third-order valence-corrected chi connectivity index (χ3v) is 4.04. The van der Waals surface area contributed by atoms with Crippen LogP contribution in [0, 0.1) is 6.92 Å². The average Bonchev–Trinajstić information content (AvgIpc) is 2.54. The Balaban J connectivity index is 2.14. The van der Waals surface area contributed by atoms with Crippen molar-refractivity contribution in [3.63, 3.8) is 0 Å². The third kappa shape index (κ3) is 4.93. The monoisotopic (exact) mass is 310 g/mol. The number of hydrogen-bond acceptors (Lipinski definition) is 2. The second-order valence-electron chi connectivity index (χ2n) is 6.37. The number of nitrogens with zero attached hydrogens (tertiary/aromatic N) is 1. The van der Waals surface area contributed by atoms with Crippen LogP contribution in [0.3, 0.4) is 0 Å². The molecule has 0 aromatic heterocycles. The Kier molecular flexibility index (Phi) is 5.94. The van der Waals surface area contributed by atoms with Crippen molar-refractivity contribution in [2.45, 2.75) is 25.8 Å². The fourth-order valence-electron chi connectivity index (χ4n) is 2.59. The van der Waals surface area contributed by atoms with Crippen molar-refractivity contribution < 1.29 is 4.79 Å². The predicted octanol–water partition coefficient (Wildman–Crippen LogP) is 3.52. The van der Waals surface area contributed by atoms with Crippen LogP contribution >= 0.6 is 0 Å². The van der Waals surface area contributed by atoms with Crippen molar-refractivity contribution in [2.24, 2.45) is 0 Å². The van der Waals surface area contributed by atoms with E-state index in [-0.39, 0.29) is 17.9 Å². The number of likely N-dealkylation sites (N-methyl/N-ethyl adjacent to an activating group) is 1. The van der Waals surface area contributed by atoms with Gasteiger partial charge in [0.1, 0.15) is 0 Å². The van der Waals surface area contributed by atoms with E-state index in [0.717, 1.165) is 17.7 Å². The van der Waals surface area contributed by atoms with Crippen molar-refractivity contribution in [2.75, 3.05) is 20.6 Å². The highest BCUT2D eigenvalue weighted by molar-refractivity contribution is 5.83. The fourth-order valence-corrected chi connectivity index (χ4v) is 2.59. The van der Waals surface area contributed by atoms with Gasteiger partial charge in [-0.25, -0.2) is 0 Å². The molecule has 2 aromatic rings. The first-order valence-corrected chi connectivity index (χ1v) is 8.04. The number of aryl methyl sites for hydroxylation is 1. The fraction of sp³-hybridized carbons (Fsp3) is 0.350. The van der Waals surface area contributed by atoms with E-state index in [1.807, 2.05) is 51.4 Å². The molecule has 0 heterocycles. The zero-order chi connectivity index (χ0) is 16.8. The lowest BCUT2D eigenvalue weighted by Crippen LogP contribution is -2.37. The number of amides is 1. The van der Waals surface area contributed by atoms with Crippen LogP contribution in [0.2, 0.25) is 0 Å². The molecule has 0 saturated carbocycles. The number of carbonyl (C=O) groups is 1. The smallest absolute Gasteiger partial charge is 0.227 e. The van der Waals surface area contributed by atoms with Gasteiger partial charge >= 0.3 is 0 Å². The van der Waals surface area contributed by atoms with E-state index in [1.54, 1.807) is 0 Å². The maximum atomic E-state index is 12.6. The molecule has 0 fully saturated rings. The lowest BCUT2D eigenvalue weighted by molar-refractivity contribution is -0.123. The van der Waals surface area contributed by atoms with Crippen molar-refractivity contribution in [3.8, 4) is 0 Å². The summed E-state index contributed by atoms with van der Waals surface area (Å²) in [6.07, 6.45) is 0. The minimum atomic E-state index is -0.161. The van der Waals surface area contributed by atoms with Crippen LogP contribution in [0.1, 0.15) is 35.6 Å². The Morgan fingerprint density at radius 1 is 1.00 bits per heavy atom. The first kappa shape index (κ1) is 17.2. The molecule has 0 spiro atoms. The van der Waals surface area contributed by atoms with Crippen molar-refractivity contribution in [1.29, 1.82) is 0 Å². The van der Waals surface area contributed by atoms with Crippen molar-refractivity contribution in [1.82, 2.24) is 10.2 Å². The third-order valence-electron chi connectivity index (χ3n) is 4.04. The Morgan fingerprint density at radius 2 is 1.61 bits per heavy atom. The summed E-state index contributed by atoms with van der Waals surface area (Å²) >= 11 is 0. The van der Waals surface area contributed by atoms with Crippen LogP contribution in [0.25, 0.3) is 0 Å². The molecule has 2 rings (SSSR count). The molecule has 3 heteroatoms. The molecule has 1 amide bonds. The molecule has 0 bridgehead atoms. The number of rotatable bonds is 6. The average molecular weight is 310 g/mol. The highest BCUT2D eigenvalue weighted by atomic mass is 16.1. The van der Waals surface area contributed by atoms with Gasteiger partial charge in [-0.05, 0) is 39.1 Å². The molecule has 0 unspecified atom stereocenters. The summed E-state index contributed by atoms with van der Waals surface area (Å²) in [5.41, 5.74) is 3.40. The lowest BCUT2D eigenvalue weighted by Gasteiger charge is -2.25. The van der Waals surface area contributed by atoms with E-state index < -0.39 is 0 Å². The van der Waals surface area contributed by atoms with E-state index in [4.69, 9.17) is 0 Å². The second-order valence-corrected chi connectivity index (χ2v) is 6.37. The van der Waals surface area contributed by atoms with Gasteiger partial charge in [-0.3, -0.25) is 4.79 Å². The number of carbonyl (C=O) groups excluding carboxylic acids is 1. The van der Waals surface area contributed by atoms with Crippen molar-refractivity contribution in [3.05, 3.63) is 71.3 Å². The molecule has 0 aliphatic heterocycles. The summed E-state index contributed by atoms with van der Waals surface area (Å²) in [6.45, 7) is 4.80. The van der Waals surface area contributed by atoms with E-state index in [9.17, 15) is 4.79 Å². The molecule has 2 atom stereocenters. The molecular formula is C20H26N2O. The van der Waals surface area contributed by atoms with Crippen LogP contribution in [-0.4, -0.2) is 31.4 Å². The predicted molar refractivity (Wildman–Crippen MR) is 95.5 cm³/mol. The van der Waals surface area contributed by atoms with Crippen LogP contribution in [-0.2, 0) is 4.79 Å². The first-order chi connectivity index (χ1) is 11.0. The highest BCUT2D eigenvalue weighted by Gasteiger charge is 2.20. The Morgan fingerprint density at radius 3 is 2.17 bits per heavy atom. The van der Waals surface area contributed by atoms with Gasteiger partial charge in [-0.2, -0.15) is 0 Å². The molecule has 0 saturated heterocycles. The van der Waals surface area contributed by atoms with E-state index in [1.165, 1.54) is 5.56 Å². The van der Waals surface area contributed by atoms with Crippen LogP contribution in [0.5, 0.6) is 0 Å². The highest BCUT2D eigenvalue weighted by Crippen LogP contribution is 2.19. The van der Waals surface area contributed by atoms with Gasteiger partial charge in [0, 0.05) is 6.54 Å². The number of hydrogen-bond donors (Lipinski definition) is 1. The molecular weight excluding hydrogens is 284 g/mol. The zero-order valence-electron chi connectivity index (χ0n) is 14.4. The zero-order valence-corrected chi connectivity index (χ0v) is 14.4. The van der Waals surface area contributed by atoms with Gasteiger partial charge in [-0.1, -0.05) is 60.2 Å². The summed E-state index contributed by atoms with van der Waals surface area (Å²) in [6, 6.07) is 18.3. The minimum Gasteiger partial charge on any atom is -0.347 e. The van der Waals surface area contributed by atoms with E-state index >= 15 is 0 Å². The summed E-state index contributed by atoms with van der Waals surface area (Å²) < 4.78 is 0. The molecule has 23 heavy (non-hydrogen) atoms. The van der Waals surface area contributed by atoms with Crippen LogP contribution in [0.4, 0.5) is 0 Å². The summed E-state index contributed by atoms with van der Waals surface area (Å²) in [5.74, 6) is -0.102. The largest absolute Gasteiger partial charge is 0.347 e. The maximum absolute atomic E-state index is 12.6. The van der Waals surface area contributed by atoms with E-state index in [2.05, 4.69) is 41.4 Å². The number of benzene rings is 2. The van der Waals surface area contributed by atoms with Crippen LogP contribution < -0.4 is 5.32 Å². The van der Waals surface area contributed by atoms with Gasteiger partial charge < -0.3 is 10.2 Å². The molecule has 0 radical (unpaired) electrons. The van der Waals surface area contributed by atoms with Gasteiger partial charge in [0.25, 0.3) is 0 Å². The molecule has 2 aromatic carbocycles. The summed E-state index contributed by atoms with van der Waals surface area (Å²) in [4.78, 5) is 14.7. The van der Waals surface area contributed by atoms with Gasteiger partial charge in [0.15, 0.2) is 0 Å². The normalized spacial score (nSPS) is 13.6. The standard InChI is InChI=1S/C20H26N2O/c1-15-10-12-18(13-11-15)19(14-22(3)4)21-20(23)16(2)17-8-6-5-7-9-17/h5-13,16,19H,14H2,1-4H3,(H,21,23)/t16-,19-/m0/s1. The van der Waals surface area contributed by atoms with Gasteiger partial charge in [-0.15, -0.1) is 0 Å².